The summed E-state index contributed by atoms with van der Waals surface area (Å²) in [7, 11) is -4.09. The summed E-state index contributed by atoms with van der Waals surface area (Å²) in [5.74, 6) is -1.60. The van der Waals surface area contributed by atoms with Gasteiger partial charge in [-0.2, -0.15) is 5.26 Å². The molecule has 2 aromatic rings. The van der Waals surface area contributed by atoms with Crippen molar-refractivity contribution >= 4 is 16.0 Å². The number of rotatable bonds is 6. The number of benzene rings is 2. The van der Waals surface area contributed by atoms with Crippen molar-refractivity contribution in [1.82, 2.24) is 9.84 Å². The number of nitrogens with zero attached hydrogens (tertiary/aromatic N) is 2. The molecule has 3 rings (SSSR count). The maximum Gasteiger partial charge on any atom is 0.331 e. The van der Waals surface area contributed by atoms with Crippen molar-refractivity contribution in [2.75, 3.05) is 6.61 Å². The van der Waals surface area contributed by atoms with E-state index in [2.05, 4.69) is 10.9 Å². The number of carbonyl (C=O) groups is 1. The number of esters is 1. The Balaban J connectivity index is 2.16. The average molecular weight is 469 g/mol. The Morgan fingerprint density at radius 1 is 1.12 bits per heavy atom. The van der Waals surface area contributed by atoms with E-state index in [9.17, 15) is 18.5 Å². The molecule has 9 heteroatoms. The second-order valence-corrected chi connectivity index (χ2v) is 9.84. The van der Waals surface area contributed by atoms with E-state index < -0.39 is 28.0 Å². The van der Waals surface area contributed by atoms with Gasteiger partial charge in [0, 0.05) is 0 Å². The first kappa shape index (κ1) is 24.3. The molecule has 0 spiro atoms. The number of hydrogen-bond donors (Lipinski definition) is 2. The summed E-state index contributed by atoms with van der Waals surface area (Å²) in [5.41, 5.74) is 10.8. The van der Waals surface area contributed by atoms with Crippen LogP contribution < -0.4 is 10.6 Å². The van der Waals surface area contributed by atoms with Crippen LogP contribution in [0.4, 0.5) is 0 Å². The second-order valence-electron chi connectivity index (χ2n) is 8.18. The first-order chi connectivity index (χ1) is 15.5. The molecule has 0 radical (unpaired) electrons. The van der Waals surface area contributed by atoms with E-state index in [1.807, 2.05) is 39.8 Å². The number of hydrazine groups is 1. The molecule has 8 nitrogen and oxygen atoms in total. The van der Waals surface area contributed by atoms with Gasteiger partial charge in [0.1, 0.15) is 5.82 Å². The molecule has 3 N–H and O–H groups in total. The van der Waals surface area contributed by atoms with Crippen molar-refractivity contribution in [3.8, 4) is 6.07 Å². The predicted molar refractivity (Wildman–Crippen MR) is 124 cm³/mol. The molecule has 1 heterocycles. The summed E-state index contributed by atoms with van der Waals surface area (Å²) in [5, 5.41) is 11.0. The van der Waals surface area contributed by atoms with Crippen LogP contribution in [0.25, 0.3) is 0 Å². The molecule has 2 aromatic carbocycles. The first-order valence-electron chi connectivity index (χ1n) is 10.5. The third-order valence-corrected chi connectivity index (χ3v) is 7.02. The van der Waals surface area contributed by atoms with Gasteiger partial charge < -0.3 is 10.5 Å². The molecule has 0 aliphatic carbocycles. The lowest BCUT2D eigenvalue weighted by molar-refractivity contribution is -0.149. The quantitative estimate of drug-likeness (QED) is 0.624. The fourth-order valence-corrected chi connectivity index (χ4v) is 5.40. The van der Waals surface area contributed by atoms with Gasteiger partial charge in [-0.25, -0.2) is 13.2 Å². The van der Waals surface area contributed by atoms with Gasteiger partial charge in [0.25, 0.3) is 10.0 Å². The van der Waals surface area contributed by atoms with Gasteiger partial charge in [0.15, 0.2) is 6.04 Å². The standard InChI is InChI=1S/C24H28N4O4S/c1-6-32-24(29)22-21(20-16(4)11-15(3)12-17(20)5)19(13-25)23(26)28(22)27-33(30,31)18-9-7-14(2)8-10-18/h7-12,21-22,27H,6,26H2,1-5H3. The highest BCUT2D eigenvalue weighted by Crippen LogP contribution is 2.42. The molecule has 0 saturated heterocycles. The summed E-state index contributed by atoms with van der Waals surface area (Å²) in [6.07, 6.45) is 0. The van der Waals surface area contributed by atoms with Crippen LogP contribution in [0.3, 0.4) is 0 Å². The fraction of sp³-hybridized carbons (Fsp3) is 0.333. The van der Waals surface area contributed by atoms with Crippen LogP contribution in [0.5, 0.6) is 0 Å². The Bertz CT molecular complexity index is 1240. The third-order valence-electron chi connectivity index (χ3n) is 5.69. The zero-order chi connectivity index (χ0) is 24.5. The lowest BCUT2D eigenvalue weighted by Crippen LogP contribution is -2.52. The van der Waals surface area contributed by atoms with Crippen LogP contribution in [0.2, 0.25) is 0 Å². The molecule has 1 aliphatic rings. The average Bonchev–Trinajstić information content (AvgIpc) is 2.98. The van der Waals surface area contributed by atoms with Crippen molar-refractivity contribution in [1.29, 1.82) is 5.26 Å². The van der Waals surface area contributed by atoms with Crippen molar-refractivity contribution in [2.24, 2.45) is 5.73 Å². The fourth-order valence-electron chi connectivity index (χ4n) is 4.33. The van der Waals surface area contributed by atoms with Crippen molar-refractivity contribution in [3.63, 3.8) is 0 Å². The molecule has 2 unspecified atom stereocenters. The summed E-state index contributed by atoms with van der Waals surface area (Å²) in [4.78, 5) is 15.5. The molecule has 33 heavy (non-hydrogen) atoms. The summed E-state index contributed by atoms with van der Waals surface area (Å²) in [6, 6.07) is 11.1. The summed E-state index contributed by atoms with van der Waals surface area (Å²) >= 11 is 0. The van der Waals surface area contributed by atoms with Crippen molar-refractivity contribution < 1.29 is 17.9 Å². The van der Waals surface area contributed by atoms with E-state index in [-0.39, 0.29) is 22.9 Å². The van der Waals surface area contributed by atoms with Gasteiger partial charge in [-0.05, 0) is 63.4 Å². The third kappa shape index (κ3) is 4.58. The molecule has 0 fully saturated rings. The number of nitriles is 1. The van der Waals surface area contributed by atoms with Gasteiger partial charge >= 0.3 is 5.97 Å². The highest BCUT2D eigenvalue weighted by molar-refractivity contribution is 7.89. The maximum absolute atomic E-state index is 13.1. The van der Waals surface area contributed by atoms with Crippen LogP contribution in [0.1, 0.15) is 40.7 Å². The van der Waals surface area contributed by atoms with Crippen LogP contribution in [-0.2, 0) is 19.6 Å². The molecule has 0 amide bonds. The molecule has 174 valence electrons. The normalized spacial score (nSPS) is 18.4. The number of sulfonamides is 1. The SMILES string of the molecule is CCOC(=O)C1C(c2c(C)cc(C)cc2C)C(C#N)=C(N)N1NS(=O)(=O)c1ccc(C)cc1. The molecular weight excluding hydrogens is 440 g/mol. The number of nitrogens with two attached hydrogens (primary N) is 1. The Kier molecular flexibility index (Phi) is 6.81. The molecule has 2 atom stereocenters. The summed E-state index contributed by atoms with van der Waals surface area (Å²) in [6.45, 7) is 9.33. The Hall–Kier alpha value is -3.35. The molecule has 1 aliphatic heterocycles. The number of nitrogens with one attached hydrogen (secondary N) is 1. The van der Waals surface area contributed by atoms with Gasteiger partial charge in [-0.3, -0.25) is 5.01 Å². The zero-order valence-corrected chi connectivity index (χ0v) is 20.2. The van der Waals surface area contributed by atoms with Crippen LogP contribution >= 0.6 is 0 Å². The van der Waals surface area contributed by atoms with E-state index in [0.717, 1.165) is 32.8 Å². The van der Waals surface area contributed by atoms with Gasteiger partial charge in [0.2, 0.25) is 0 Å². The Morgan fingerprint density at radius 3 is 2.21 bits per heavy atom. The molecular formula is C24H28N4O4S. The molecule has 0 bridgehead atoms. The van der Waals surface area contributed by atoms with Gasteiger partial charge in [-0.15, -0.1) is 4.83 Å². The van der Waals surface area contributed by atoms with Crippen molar-refractivity contribution in [2.45, 2.75) is 51.5 Å². The number of hydrogen-bond acceptors (Lipinski definition) is 7. The van der Waals surface area contributed by atoms with E-state index in [1.54, 1.807) is 19.1 Å². The lowest BCUT2D eigenvalue weighted by Gasteiger charge is -2.30. The van der Waals surface area contributed by atoms with E-state index >= 15 is 0 Å². The molecule has 0 aromatic heterocycles. The Morgan fingerprint density at radius 2 is 1.70 bits per heavy atom. The van der Waals surface area contributed by atoms with Gasteiger partial charge in [-0.1, -0.05) is 35.4 Å². The zero-order valence-electron chi connectivity index (χ0n) is 19.3. The van der Waals surface area contributed by atoms with Crippen molar-refractivity contribution in [3.05, 3.63) is 75.6 Å². The first-order valence-corrected chi connectivity index (χ1v) is 12.0. The minimum absolute atomic E-state index is 0.00756. The van der Waals surface area contributed by atoms with E-state index in [1.165, 1.54) is 12.1 Å². The van der Waals surface area contributed by atoms with Crippen LogP contribution in [0.15, 0.2) is 52.7 Å². The summed E-state index contributed by atoms with van der Waals surface area (Å²) < 4.78 is 31.5. The topological polar surface area (TPSA) is 126 Å². The number of ether oxygens (including phenoxy) is 1. The van der Waals surface area contributed by atoms with Crippen LogP contribution in [-0.4, -0.2) is 32.0 Å². The van der Waals surface area contributed by atoms with Crippen LogP contribution in [0, 0.1) is 39.0 Å². The smallest absolute Gasteiger partial charge is 0.331 e. The Labute approximate surface area is 194 Å². The van der Waals surface area contributed by atoms with E-state index in [4.69, 9.17) is 10.5 Å². The highest BCUT2D eigenvalue weighted by Gasteiger charge is 2.48. The minimum atomic E-state index is -4.09. The number of aryl methyl sites for hydroxylation is 4. The largest absolute Gasteiger partial charge is 0.464 e. The minimum Gasteiger partial charge on any atom is -0.464 e. The monoisotopic (exact) mass is 468 g/mol. The highest BCUT2D eigenvalue weighted by atomic mass is 32.2. The van der Waals surface area contributed by atoms with E-state index in [0.29, 0.717) is 0 Å². The van der Waals surface area contributed by atoms with Gasteiger partial charge in [0.05, 0.1) is 29.1 Å². The second kappa shape index (κ2) is 9.25. The lowest BCUT2D eigenvalue weighted by atomic mass is 9.82. The molecule has 0 saturated carbocycles. The predicted octanol–water partition coefficient (Wildman–Crippen LogP) is 2.84. The number of carbonyl (C=O) groups excluding carboxylic acids is 1. The maximum atomic E-state index is 13.1.